The molecule has 2 bridgehead atoms. The molecule has 15 atom stereocenters. The second kappa shape index (κ2) is 20.6. The van der Waals surface area contributed by atoms with Gasteiger partial charge in [-0.3, -0.25) is 9.59 Å². The first-order valence-corrected chi connectivity index (χ1v) is 20.9. The number of esters is 1. The lowest BCUT2D eigenvalue weighted by molar-refractivity contribution is -0.346. The smallest absolute Gasteiger partial charge is 0.329 e. The van der Waals surface area contributed by atoms with Crippen molar-refractivity contribution in [3.63, 3.8) is 0 Å². The number of aliphatic hydroxyl groups is 4. The van der Waals surface area contributed by atoms with Crippen molar-refractivity contribution >= 4 is 17.7 Å². The summed E-state index contributed by atoms with van der Waals surface area (Å²) in [4.78, 5) is 43.7. The van der Waals surface area contributed by atoms with Crippen LogP contribution in [-0.2, 0) is 38.1 Å². The molecule has 3 fully saturated rings. The maximum atomic E-state index is 14.3. The lowest BCUT2D eigenvalue weighted by Gasteiger charge is -2.49. The van der Waals surface area contributed by atoms with Crippen LogP contribution in [0, 0.1) is 29.6 Å². The van der Waals surface area contributed by atoms with Crippen LogP contribution < -0.4 is 0 Å². The lowest BCUT2D eigenvalue weighted by Crippen LogP contribution is -2.66. The molecule has 4 N–H and O–H groups in total. The molecular formula is C43H71NO12. The van der Waals surface area contributed by atoms with Crippen LogP contribution in [0.5, 0.6) is 0 Å². The van der Waals surface area contributed by atoms with Crippen LogP contribution in [0.3, 0.4) is 0 Å². The molecule has 1 aliphatic carbocycles. The van der Waals surface area contributed by atoms with Gasteiger partial charge in [0.15, 0.2) is 11.9 Å². The summed E-state index contributed by atoms with van der Waals surface area (Å²) in [6.07, 6.45) is 2.17. The Morgan fingerprint density at radius 3 is 2.20 bits per heavy atom. The van der Waals surface area contributed by atoms with Crippen LogP contribution in [0.25, 0.3) is 0 Å². The van der Waals surface area contributed by atoms with Gasteiger partial charge in [-0.15, -0.1) is 0 Å². The number of Topliss-reactive ketones (excluding diaryl/α,β-unsaturated/α-hetero) is 1. The van der Waals surface area contributed by atoms with Gasteiger partial charge in [0.2, 0.25) is 5.79 Å². The highest BCUT2D eigenvalue weighted by molar-refractivity contribution is 5.95. The first-order chi connectivity index (χ1) is 26.5. The van der Waals surface area contributed by atoms with Crippen LogP contribution in [0.4, 0.5) is 0 Å². The number of piperidine rings is 1. The Bertz CT molecular complexity index is 1390. The molecule has 13 nitrogen and oxygen atoms in total. The van der Waals surface area contributed by atoms with E-state index in [0.717, 1.165) is 0 Å². The number of nitrogens with zero attached hydrogens (tertiary/aromatic N) is 1. The summed E-state index contributed by atoms with van der Waals surface area (Å²) in [7, 11) is 4.68. The van der Waals surface area contributed by atoms with Gasteiger partial charge >= 0.3 is 5.97 Å². The van der Waals surface area contributed by atoms with E-state index in [2.05, 4.69) is 6.92 Å². The summed E-state index contributed by atoms with van der Waals surface area (Å²) in [6.45, 7) is 11.5. The molecule has 2 unspecified atom stereocenters. The molecule has 320 valence electrons. The third-order valence-corrected chi connectivity index (χ3v) is 13.0. The molecule has 0 spiro atoms. The Kier molecular flexibility index (Phi) is 17.1. The standard InChI is InChI=1S/C43H71NO12/c1-10-30-18-24(2)17-25(3)19-36(53-8)39-37(54-9)21-27(5)43(51,56-39)40(48)41(49)44-16-12-11-13-31(44)42(50)55-38(28(6)33(46)23-34(30)47)26(4)20-29-14-15-32(45)35(22-29)52-7/h18,20,24-25,27-29,31-33,35-40,45-46,48,51H,10-17,19,21-23H2,1-9H3/b26-20?,30-18+/t24?,25-,27+,28-,29?,31-,32+,33-,35+,36-,37-,38+,39+,40-,43+/m0/s1. The van der Waals surface area contributed by atoms with E-state index in [9.17, 15) is 34.8 Å². The number of carbonyl (C=O) groups is 3. The van der Waals surface area contributed by atoms with E-state index in [1.54, 1.807) is 35.2 Å². The van der Waals surface area contributed by atoms with E-state index < -0.39 is 78.3 Å². The number of amides is 1. The molecule has 1 saturated carbocycles. The van der Waals surface area contributed by atoms with Gasteiger partial charge in [0.25, 0.3) is 5.91 Å². The fourth-order valence-electron chi connectivity index (χ4n) is 9.57. The fraction of sp³-hybridized carbons (Fsp3) is 0.837. The van der Waals surface area contributed by atoms with E-state index in [0.29, 0.717) is 62.5 Å². The van der Waals surface area contributed by atoms with Crippen molar-refractivity contribution < 1.29 is 58.5 Å². The molecule has 0 aromatic heterocycles. The maximum absolute atomic E-state index is 14.3. The van der Waals surface area contributed by atoms with Gasteiger partial charge in [0, 0.05) is 46.1 Å². The number of fused-ring (bicyclic) bond motifs is 3. The van der Waals surface area contributed by atoms with Crippen molar-refractivity contribution in [3.8, 4) is 0 Å². The average Bonchev–Trinajstić information content (AvgIpc) is 3.18. The number of aliphatic hydroxyl groups excluding tert-OH is 3. The zero-order chi connectivity index (χ0) is 41.5. The minimum Gasteiger partial charge on any atom is -0.456 e. The number of ketones is 1. The summed E-state index contributed by atoms with van der Waals surface area (Å²) >= 11 is 0. The second-order valence-electron chi connectivity index (χ2n) is 17.3. The summed E-state index contributed by atoms with van der Waals surface area (Å²) in [5, 5.41) is 45.9. The third kappa shape index (κ3) is 10.9. The quantitative estimate of drug-likeness (QED) is 0.222. The molecule has 1 amide bonds. The molecule has 3 heterocycles. The van der Waals surface area contributed by atoms with E-state index >= 15 is 0 Å². The van der Waals surface area contributed by atoms with Crippen molar-refractivity contribution in [3.05, 3.63) is 23.3 Å². The van der Waals surface area contributed by atoms with Crippen LogP contribution >= 0.6 is 0 Å². The van der Waals surface area contributed by atoms with Gasteiger partial charge in [-0.25, -0.2) is 4.79 Å². The molecule has 0 radical (unpaired) electrons. The van der Waals surface area contributed by atoms with Crippen molar-refractivity contribution in [2.45, 2.75) is 173 Å². The van der Waals surface area contributed by atoms with Crippen LogP contribution in [0.2, 0.25) is 0 Å². The molecule has 4 rings (SSSR count). The predicted octanol–water partition coefficient (Wildman–Crippen LogP) is 4.26. The average molecular weight is 794 g/mol. The topological polar surface area (TPSA) is 182 Å². The van der Waals surface area contributed by atoms with Gasteiger partial charge in [-0.2, -0.15) is 0 Å². The largest absolute Gasteiger partial charge is 0.456 e. The Morgan fingerprint density at radius 1 is 0.893 bits per heavy atom. The number of carbonyl (C=O) groups excluding carboxylic acids is 3. The third-order valence-electron chi connectivity index (χ3n) is 13.0. The SMILES string of the molecule is CC/C1=C\C(C)C[C@H](C)C[C@H](OC)[C@H]2O[C@](O)([C@H](C)C[C@@H]2OC)[C@@H](O)C(=O)N2CCCC[C@H]2C(=O)O[C@H](C(C)=CC2CC[C@@H](O)[C@H](OC)C2)[C@@H](C)[C@@H](O)CC1=O. The lowest BCUT2D eigenvalue weighted by atomic mass is 9.81. The number of hydrogen-bond acceptors (Lipinski definition) is 12. The normalized spacial score (nSPS) is 42.9. The van der Waals surface area contributed by atoms with Crippen molar-refractivity contribution in [2.75, 3.05) is 27.9 Å². The van der Waals surface area contributed by atoms with E-state index in [4.69, 9.17) is 23.7 Å². The summed E-state index contributed by atoms with van der Waals surface area (Å²) < 4.78 is 29.9. The molecule has 0 aromatic carbocycles. The van der Waals surface area contributed by atoms with Crippen LogP contribution in [0.1, 0.15) is 112 Å². The molecule has 56 heavy (non-hydrogen) atoms. The molecular weight excluding hydrogens is 722 g/mol. The predicted molar refractivity (Wildman–Crippen MR) is 209 cm³/mol. The van der Waals surface area contributed by atoms with Crippen LogP contribution in [0.15, 0.2) is 23.3 Å². The molecule has 13 heteroatoms. The summed E-state index contributed by atoms with van der Waals surface area (Å²) in [5.41, 5.74) is 1.30. The monoisotopic (exact) mass is 793 g/mol. The molecule has 4 aliphatic rings. The van der Waals surface area contributed by atoms with E-state index in [1.165, 1.54) is 4.90 Å². The van der Waals surface area contributed by atoms with Gasteiger partial charge in [0.05, 0.1) is 30.5 Å². The second-order valence-corrected chi connectivity index (χ2v) is 17.3. The zero-order valence-electron chi connectivity index (χ0n) is 35.2. The van der Waals surface area contributed by atoms with Gasteiger partial charge < -0.3 is 49.0 Å². The van der Waals surface area contributed by atoms with E-state index in [1.807, 2.05) is 32.9 Å². The number of rotatable bonds is 6. The summed E-state index contributed by atoms with van der Waals surface area (Å²) in [6, 6.07) is -1.07. The number of allylic oxidation sites excluding steroid dienone is 3. The van der Waals surface area contributed by atoms with Crippen molar-refractivity contribution in [2.24, 2.45) is 29.6 Å². The first-order valence-electron chi connectivity index (χ1n) is 20.9. The minimum absolute atomic E-state index is 0.00758. The minimum atomic E-state index is -2.30. The summed E-state index contributed by atoms with van der Waals surface area (Å²) in [5.74, 6) is -5.35. The number of cyclic esters (lactones) is 1. The first kappa shape index (κ1) is 46.5. The van der Waals surface area contributed by atoms with Gasteiger partial charge in [0.1, 0.15) is 18.2 Å². The van der Waals surface area contributed by atoms with Gasteiger partial charge in [-0.1, -0.05) is 46.8 Å². The van der Waals surface area contributed by atoms with Gasteiger partial charge in [-0.05, 0) is 100 Å². The Labute approximate surface area is 334 Å². The highest BCUT2D eigenvalue weighted by Gasteiger charge is 2.56. The zero-order valence-corrected chi connectivity index (χ0v) is 35.2. The molecule has 3 aliphatic heterocycles. The Balaban J connectivity index is 1.76. The maximum Gasteiger partial charge on any atom is 0.329 e. The number of methoxy groups -OCH3 is 3. The Morgan fingerprint density at radius 2 is 1.55 bits per heavy atom. The fourth-order valence-corrected chi connectivity index (χ4v) is 9.57. The highest BCUT2D eigenvalue weighted by Crippen LogP contribution is 2.40. The molecule has 2 saturated heterocycles. The Hall–Kier alpha value is -2.23. The number of hydrogen-bond donors (Lipinski definition) is 4. The van der Waals surface area contributed by atoms with Crippen molar-refractivity contribution in [1.82, 2.24) is 4.90 Å². The molecule has 0 aromatic rings. The van der Waals surface area contributed by atoms with E-state index in [-0.39, 0.29) is 55.4 Å². The van der Waals surface area contributed by atoms with Crippen LogP contribution in [-0.4, -0.2) is 132 Å². The highest BCUT2D eigenvalue weighted by atomic mass is 16.7. The van der Waals surface area contributed by atoms with Crippen molar-refractivity contribution in [1.29, 1.82) is 0 Å². The number of ether oxygens (including phenoxy) is 5.